The fraction of sp³-hybridized carbons (Fsp3) is 0.125. The Morgan fingerprint density at radius 1 is 1.15 bits per heavy atom. The van der Waals surface area contributed by atoms with Gasteiger partial charge in [0.2, 0.25) is 0 Å². The SMILES string of the molecule is Cc1ccc(C#N)cc1-n1c(=S)[nH]c2cccc(C)c21. The highest BCUT2D eigenvalue weighted by Crippen LogP contribution is 2.25. The van der Waals surface area contributed by atoms with E-state index in [2.05, 4.69) is 24.0 Å². The summed E-state index contributed by atoms with van der Waals surface area (Å²) in [6.07, 6.45) is 0. The van der Waals surface area contributed by atoms with Crippen molar-refractivity contribution >= 4 is 23.3 Å². The number of benzene rings is 2. The molecular formula is C16H13N3S. The predicted octanol–water partition coefficient (Wildman–Crippen LogP) is 4.18. The van der Waals surface area contributed by atoms with Crippen molar-refractivity contribution in [3.05, 3.63) is 57.9 Å². The normalized spacial score (nSPS) is 10.7. The van der Waals surface area contributed by atoms with E-state index < -0.39 is 0 Å². The van der Waals surface area contributed by atoms with Crippen LogP contribution in [-0.4, -0.2) is 9.55 Å². The van der Waals surface area contributed by atoms with Gasteiger partial charge in [0.1, 0.15) is 0 Å². The lowest BCUT2D eigenvalue weighted by Gasteiger charge is -2.10. The van der Waals surface area contributed by atoms with Crippen LogP contribution in [0.15, 0.2) is 36.4 Å². The monoisotopic (exact) mass is 279 g/mol. The highest BCUT2D eigenvalue weighted by Gasteiger charge is 2.11. The van der Waals surface area contributed by atoms with Gasteiger partial charge in [-0.15, -0.1) is 0 Å². The number of nitrogens with one attached hydrogen (secondary N) is 1. The van der Waals surface area contributed by atoms with E-state index in [0.717, 1.165) is 27.8 Å². The molecule has 0 spiro atoms. The minimum Gasteiger partial charge on any atom is -0.330 e. The van der Waals surface area contributed by atoms with E-state index in [9.17, 15) is 0 Å². The molecule has 0 saturated heterocycles. The molecule has 0 unspecified atom stereocenters. The van der Waals surface area contributed by atoms with Crippen LogP contribution < -0.4 is 0 Å². The zero-order chi connectivity index (χ0) is 14.3. The lowest BCUT2D eigenvalue weighted by Crippen LogP contribution is -1.99. The van der Waals surface area contributed by atoms with Gasteiger partial charge in [0.25, 0.3) is 0 Å². The van der Waals surface area contributed by atoms with E-state index in [1.54, 1.807) is 0 Å². The third kappa shape index (κ3) is 1.84. The molecule has 0 bridgehead atoms. The third-order valence-electron chi connectivity index (χ3n) is 3.49. The Labute approximate surface area is 122 Å². The van der Waals surface area contributed by atoms with Crippen molar-refractivity contribution in [2.75, 3.05) is 0 Å². The number of aryl methyl sites for hydroxylation is 2. The average Bonchev–Trinajstić information content (AvgIpc) is 2.77. The summed E-state index contributed by atoms with van der Waals surface area (Å²) in [5.74, 6) is 0. The number of hydrogen-bond acceptors (Lipinski definition) is 2. The molecule has 98 valence electrons. The predicted molar refractivity (Wildman–Crippen MR) is 82.6 cm³/mol. The van der Waals surface area contributed by atoms with Crippen molar-refractivity contribution in [1.29, 1.82) is 5.26 Å². The Morgan fingerprint density at radius 2 is 1.95 bits per heavy atom. The second kappa shape index (κ2) is 4.62. The Balaban J connectivity index is 2.44. The molecule has 3 rings (SSSR count). The topological polar surface area (TPSA) is 44.5 Å². The maximum atomic E-state index is 9.09. The fourth-order valence-corrected chi connectivity index (χ4v) is 2.78. The zero-order valence-corrected chi connectivity index (χ0v) is 12.1. The molecule has 0 aliphatic rings. The van der Waals surface area contributed by atoms with Gasteiger partial charge in [-0.2, -0.15) is 5.26 Å². The van der Waals surface area contributed by atoms with Crippen molar-refractivity contribution in [3.63, 3.8) is 0 Å². The fourth-order valence-electron chi connectivity index (χ4n) is 2.48. The van der Waals surface area contributed by atoms with E-state index >= 15 is 0 Å². The number of imidazole rings is 1. The van der Waals surface area contributed by atoms with E-state index in [-0.39, 0.29) is 0 Å². The number of rotatable bonds is 1. The maximum absolute atomic E-state index is 9.09. The van der Waals surface area contributed by atoms with Gasteiger partial charge in [-0.3, -0.25) is 4.57 Å². The van der Waals surface area contributed by atoms with Gasteiger partial charge in [0.05, 0.1) is 28.4 Å². The largest absolute Gasteiger partial charge is 0.330 e. The summed E-state index contributed by atoms with van der Waals surface area (Å²) in [4.78, 5) is 3.23. The van der Waals surface area contributed by atoms with Crippen LogP contribution in [0.25, 0.3) is 16.7 Å². The molecule has 0 radical (unpaired) electrons. The van der Waals surface area contributed by atoms with Crippen LogP contribution >= 0.6 is 12.2 Å². The number of hydrogen-bond donors (Lipinski definition) is 1. The van der Waals surface area contributed by atoms with Gasteiger partial charge in [-0.1, -0.05) is 18.2 Å². The molecule has 1 aromatic heterocycles. The summed E-state index contributed by atoms with van der Waals surface area (Å²) >= 11 is 5.46. The van der Waals surface area contributed by atoms with Gasteiger partial charge >= 0.3 is 0 Å². The number of H-pyrrole nitrogens is 1. The number of aromatic amines is 1. The number of fused-ring (bicyclic) bond motifs is 1. The minimum atomic E-state index is 0.635. The second-order valence-corrected chi connectivity index (χ2v) is 5.24. The van der Waals surface area contributed by atoms with E-state index in [4.69, 9.17) is 17.5 Å². The first kappa shape index (κ1) is 12.6. The van der Waals surface area contributed by atoms with Crippen LogP contribution in [0.4, 0.5) is 0 Å². The first-order chi connectivity index (χ1) is 9.61. The molecule has 20 heavy (non-hydrogen) atoms. The Morgan fingerprint density at radius 3 is 2.70 bits per heavy atom. The molecule has 0 aliphatic heterocycles. The van der Waals surface area contributed by atoms with Gasteiger partial charge in [0, 0.05) is 0 Å². The second-order valence-electron chi connectivity index (χ2n) is 4.85. The Hall–Kier alpha value is -2.38. The molecular weight excluding hydrogens is 266 g/mol. The van der Waals surface area contributed by atoms with Crippen molar-refractivity contribution in [2.24, 2.45) is 0 Å². The van der Waals surface area contributed by atoms with Crippen molar-refractivity contribution in [1.82, 2.24) is 9.55 Å². The van der Waals surface area contributed by atoms with Gasteiger partial charge in [-0.05, 0) is 55.4 Å². The molecule has 0 fully saturated rings. The summed E-state index contributed by atoms with van der Waals surface area (Å²) in [6, 6.07) is 13.9. The van der Waals surface area contributed by atoms with E-state index in [0.29, 0.717) is 10.3 Å². The maximum Gasteiger partial charge on any atom is 0.182 e. The van der Waals surface area contributed by atoms with Crippen LogP contribution in [0.2, 0.25) is 0 Å². The van der Waals surface area contributed by atoms with Gasteiger partial charge < -0.3 is 4.98 Å². The summed E-state index contributed by atoms with van der Waals surface area (Å²) in [6.45, 7) is 4.08. The summed E-state index contributed by atoms with van der Waals surface area (Å²) < 4.78 is 2.66. The van der Waals surface area contributed by atoms with E-state index in [1.807, 2.05) is 41.8 Å². The Kier molecular flexibility index (Phi) is 2.92. The Bertz CT molecular complexity index is 910. The molecule has 0 saturated carbocycles. The molecule has 0 aliphatic carbocycles. The molecule has 3 nitrogen and oxygen atoms in total. The lowest BCUT2D eigenvalue weighted by molar-refractivity contribution is 1.04. The molecule has 0 atom stereocenters. The molecule has 3 aromatic rings. The third-order valence-corrected chi connectivity index (χ3v) is 3.77. The molecule has 0 amide bonds. The zero-order valence-electron chi connectivity index (χ0n) is 11.3. The molecule has 2 aromatic carbocycles. The summed E-state index contributed by atoms with van der Waals surface area (Å²) in [5, 5.41) is 9.09. The number of nitriles is 1. The van der Waals surface area contributed by atoms with Crippen molar-refractivity contribution < 1.29 is 0 Å². The quantitative estimate of drug-likeness (QED) is 0.679. The lowest BCUT2D eigenvalue weighted by atomic mass is 10.1. The first-order valence-corrected chi connectivity index (χ1v) is 6.74. The van der Waals surface area contributed by atoms with Crippen LogP contribution in [0.3, 0.4) is 0 Å². The summed E-state index contributed by atoms with van der Waals surface area (Å²) in [5.41, 5.74) is 5.90. The first-order valence-electron chi connectivity index (χ1n) is 6.33. The van der Waals surface area contributed by atoms with Crippen LogP contribution in [0, 0.1) is 29.9 Å². The van der Waals surface area contributed by atoms with Crippen molar-refractivity contribution in [2.45, 2.75) is 13.8 Å². The van der Waals surface area contributed by atoms with Gasteiger partial charge in [-0.25, -0.2) is 0 Å². The number of aromatic nitrogens is 2. The van der Waals surface area contributed by atoms with Crippen LogP contribution in [0.5, 0.6) is 0 Å². The molecule has 1 N–H and O–H groups in total. The average molecular weight is 279 g/mol. The molecule has 1 heterocycles. The highest BCUT2D eigenvalue weighted by atomic mass is 32.1. The van der Waals surface area contributed by atoms with E-state index in [1.165, 1.54) is 0 Å². The number of para-hydroxylation sites is 1. The molecule has 4 heteroatoms. The number of nitrogens with zero attached hydrogens (tertiary/aromatic N) is 2. The summed E-state index contributed by atoms with van der Waals surface area (Å²) in [7, 11) is 0. The standard InChI is InChI=1S/C16H13N3S/c1-10-6-7-12(9-17)8-14(10)19-15-11(2)4-3-5-13(15)18-16(19)20/h3-8H,1-2H3,(H,18,20). The highest BCUT2D eigenvalue weighted by molar-refractivity contribution is 7.71. The van der Waals surface area contributed by atoms with Gasteiger partial charge in [0.15, 0.2) is 4.77 Å². The van der Waals surface area contributed by atoms with Crippen molar-refractivity contribution in [3.8, 4) is 11.8 Å². The van der Waals surface area contributed by atoms with Crippen LogP contribution in [-0.2, 0) is 0 Å². The smallest absolute Gasteiger partial charge is 0.182 e. The van der Waals surface area contributed by atoms with Crippen LogP contribution in [0.1, 0.15) is 16.7 Å². The minimum absolute atomic E-state index is 0.635.